The van der Waals surface area contributed by atoms with Crippen LogP contribution in [-0.2, 0) is 0 Å². The topological polar surface area (TPSA) is 38.9 Å². The second-order valence-corrected chi connectivity index (χ2v) is 3.57. The molecule has 0 radical (unpaired) electrons. The number of fused-ring (bicyclic) bond motifs is 1. The number of hydrogen-bond acceptors (Lipinski definition) is 2. The van der Waals surface area contributed by atoms with Crippen molar-refractivity contribution in [3.05, 3.63) is 35.0 Å². The van der Waals surface area contributed by atoms with Crippen LogP contribution in [0, 0.1) is 25.5 Å². The number of aromatic nitrogens is 1. The third kappa shape index (κ3) is 1.42. The van der Waals surface area contributed by atoms with Crippen LogP contribution in [-0.4, -0.2) is 4.98 Å². The van der Waals surface area contributed by atoms with Gasteiger partial charge >= 0.3 is 0 Å². The van der Waals surface area contributed by atoms with Crippen molar-refractivity contribution in [3.8, 4) is 0 Å². The summed E-state index contributed by atoms with van der Waals surface area (Å²) in [6.45, 7) is 3.18. The van der Waals surface area contributed by atoms with E-state index < -0.39 is 11.6 Å². The van der Waals surface area contributed by atoms with Crippen molar-refractivity contribution < 1.29 is 8.78 Å². The molecule has 0 bridgehead atoms. The minimum absolute atomic E-state index is 0.00407. The molecule has 0 spiro atoms. The second-order valence-electron chi connectivity index (χ2n) is 3.57. The van der Waals surface area contributed by atoms with E-state index in [2.05, 4.69) is 4.98 Å². The standard InChI is InChI=1S/C11H10F2N2/c1-5-3-7(12)11-9(10(5)13)8(14)4-6(2)15-11/h3-4H,1-2H3,(H2,14,15). The average molecular weight is 208 g/mol. The van der Waals surface area contributed by atoms with E-state index in [0.29, 0.717) is 5.69 Å². The summed E-state index contributed by atoms with van der Waals surface area (Å²) in [6.07, 6.45) is 0. The number of benzene rings is 1. The molecule has 0 aliphatic heterocycles. The van der Waals surface area contributed by atoms with Crippen LogP contribution in [0.2, 0.25) is 0 Å². The van der Waals surface area contributed by atoms with Crippen LogP contribution < -0.4 is 5.73 Å². The Labute approximate surface area is 85.7 Å². The highest BCUT2D eigenvalue weighted by molar-refractivity contribution is 5.91. The van der Waals surface area contributed by atoms with Crippen LogP contribution in [0.5, 0.6) is 0 Å². The predicted molar refractivity (Wildman–Crippen MR) is 55.5 cm³/mol. The lowest BCUT2D eigenvalue weighted by Crippen LogP contribution is -1.98. The zero-order chi connectivity index (χ0) is 11.2. The predicted octanol–water partition coefficient (Wildman–Crippen LogP) is 2.71. The Morgan fingerprint density at radius 1 is 1.20 bits per heavy atom. The first-order valence-corrected chi connectivity index (χ1v) is 4.52. The average Bonchev–Trinajstić information content (AvgIpc) is 2.13. The molecule has 15 heavy (non-hydrogen) atoms. The summed E-state index contributed by atoms with van der Waals surface area (Å²) >= 11 is 0. The Morgan fingerprint density at radius 3 is 2.53 bits per heavy atom. The fraction of sp³-hybridized carbons (Fsp3) is 0.182. The third-order valence-electron chi connectivity index (χ3n) is 2.31. The fourth-order valence-corrected chi connectivity index (χ4v) is 1.62. The maximum Gasteiger partial charge on any atom is 0.149 e. The zero-order valence-corrected chi connectivity index (χ0v) is 8.44. The quantitative estimate of drug-likeness (QED) is 0.722. The number of halogens is 2. The molecule has 0 aliphatic carbocycles. The molecule has 78 valence electrons. The molecule has 0 unspecified atom stereocenters. The SMILES string of the molecule is Cc1cc(N)c2c(F)c(C)cc(F)c2n1. The molecule has 2 rings (SSSR count). The van der Waals surface area contributed by atoms with E-state index in [1.165, 1.54) is 13.0 Å². The molecule has 0 aliphatic rings. The van der Waals surface area contributed by atoms with Crippen molar-refractivity contribution in [3.63, 3.8) is 0 Å². The lowest BCUT2D eigenvalue weighted by Gasteiger charge is -2.07. The molecule has 2 aromatic rings. The van der Waals surface area contributed by atoms with Crippen molar-refractivity contribution in [2.75, 3.05) is 5.73 Å². The summed E-state index contributed by atoms with van der Waals surface area (Å²) in [5.41, 5.74) is 6.67. The molecule has 4 heteroatoms. The summed E-state index contributed by atoms with van der Waals surface area (Å²) in [5, 5.41) is 0.0677. The van der Waals surface area contributed by atoms with Crippen molar-refractivity contribution in [1.82, 2.24) is 4.98 Å². The third-order valence-corrected chi connectivity index (χ3v) is 2.31. The number of rotatable bonds is 0. The fourth-order valence-electron chi connectivity index (χ4n) is 1.62. The van der Waals surface area contributed by atoms with Crippen LogP contribution in [0.1, 0.15) is 11.3 Å². The Balaban J connectivity index is 3.03. The monoisotopic (exact) mass is 208 g/mol. The lowest BCUT2D eigenvalue weighted by molar-refractivity contribution is 0.608. The van der Waals surface area contributed by atoms with Crippen LogP contribution in [0.3, 0.4) is 0 Å². The van der Waals surface area contributed by atoms with Gasteiger partial charge in [-0.05, 0) is 31.5 Å². The first-order valence-electron chi connectivity index (χ1n) is 4.52. The van der Waals surface area contributed by atoms with Gasteiger partial charge in [0.1, 0.15) is 17.2 Å². The molecule has 0 amide bonds. The minimum Gasteiger partial charge on any atom is -0.398 e. The van der Waals surface area contributed by atoms with E-state index in [-0.39, 0.29) is 22.2 Å². The van der Waals surface area contributed by atoms with Gasteiger partial charge in [0.2, 0.25) is 0 Å². The molecule has 0 fully saturated rings. The number of nitrogen functional groups attached to an aromatic ring is 1. The molecule has 2 N–H and O–H groups in total. The van der Waals surface area contributed by atoms with Crippen molar-refractivity contribution in [1.29, 1.82) is 0 Å². The van der Waals surface area contributed by atoms with Gasteiger partial charge in [-0.15, -0.1) is 0 Å². The van der Waals surface area contributed by atoms with Gasteiger partial charge in [-0.3, -0.25) is 0 Å². The van der Waals surface area contributed by atoms with E-state index in [4.69, 9.17) is 5.73 Å². The number of anilines is 1. The van der Waals surface area contributed by atoms with E-state index in [9.17, 15) is 8.78 Å². The van der Waals surface area contributed by atoms with Crippen molar-refractivity contribution in [2.24, 2.45) is 0 Å². The maximum atomic E-state index is 13.7. The Hall–Kier alpha value is -1.71. The van der Waals surface area contributed by atoms with E-state index in [0.717, 1.165) is 6.07 Å². The van der Waals surface area contributed by atoms with Gasteiger partial charge in [-0.25, -0.2) is 13.8 Å². The minimum atomic E-state index is -0.542. The van der Waals surface area contributed by atoms with Crippen LogP contribution in [0.15, 0.2) is 12.1 Å². The van der Waals surface area contributed by atoms with Gasteiger partial charge in [0.15, 0.2) is 0 Å². The smallest absolute Gasteiger partial charge is 0.149 e. The highest BCUT2D eigenvalue weighted by Gasteiger charge is 2.13. The highest BCUT2D eigenvalue weighted by atomic mass is 19.1. The van der Waals surface area contributed by atoms with Crippen LogP contribution in [0.25, 0.3) is 10.9 Å². The summed E-state index contributed by atoms with van der Waals surface area (Å²) < 4.78 is 27.2. The van der Waals surface area contributed by atoms with Gasteiger partial charge in [-0.2, -0.15) is 0 Å². The maximum absolute atomic E-state index is 13.7. The Bertz CT molecular complexity index is 550. The highest BCUT2D eigenvalue weighted by Crippen LogP contribution is 2.27. The van der Waals surface area contributed by atoms with Crippen molar-refractivity contribution in [2.45, 2.75) is 13.8 Å². The molecule has 2 nitrogen and oxygen atoms in total. The Morgan fingerprint density at radius 2 is 1.87 bits per heavy atom. The van der Waals surface area contributed by atoms with Crippen LogP contribution in [0.4, 0.5) is 14.5 Å². The number of aryl methyl sites for hydroxylation is 2. The Kier molecular flexibility index (Phi) is 2.07. The van der Waals surface area contributed by atoms with Gasteiger partial charge in [0, 0.05) is 11.4 Å². The molecule has 0 saturated heterocycles. The second kappa shape index (κ2) is 3.15. The van der Waals surface area contributed by atoms with E-state index in [1.807, 2.05) is 0 Å². The molecule has 0 atom stereocenters. The van der Waals surface area contributed by atoms with Gasteiger partial charge < -0.3 is 5.73 Å². The summed E-state index contributed by atoms with van der Waals surface area (Å²) in [4.78, 5) is 3.94. The zero-order valence-electron chi connectivity index (χ0n) is 8.44. The molecular weight excluding hydrogens is 198 g/mol. The lowest BCUT2D eigenvalue weighted by atomic mass is 10.1. The largest absolute Gasteiger partial charge is 0.398 e. The number of nitrogens with zero attached hydrogens (tertiary/aromatic N) is 1. The van der Waals surface area contributed by atoms with E-state index >= 15 is 0 Å². The molecular formula is C11H10F2N2. The first-order chi connectivity index (χ1) is 7.00. The molecule has 0 saturated carbocycles. The van der Waals surface area contributed by atoms with Gasteiger partial charge in [0.25, 0.3) is 0 Å². The summed E-state index contributed by atoms with van der Waals surface area (Å²) in [7, 11) is 0. The van der Waals surface area contributed by atoms with Gasteiger partial charge in [-0.1, -0.05) is 0 Å². The molecule has 1 aromatic carbocycles. The van der Waals surface area contributed by atoms with Gasteiger partial charge in [0.05, 0.1) is 5.39 Å². The summed E-state index contributed by atoms with van der Waals surface area (Å²) in [6, 6.07) is 2.66. The number of hydrogen-bond donors (Lipinski definition) is 1. The normalized spacial score (nSPS) is 10.9. The first kappa shape index (κ1) is 9.83. The number of nitrogens with two attached hydrogens (primary N) is 1. The summed E-state index contributed by atoms with van der Waals surface area (Å²) in [5.74, 6) is -1.05. The number of pyridine rings is 1. The van der Waals surface area contributed by atoms with Crippen LogP contribution >= 0.6 is 0 Å². The molecule has 1 aromatic heterocycles. The van der Waals surface area contributed by atoms with E-state index in [1.54, 1.807) is 6.92 Å². The molecule has 1 heterocycles. The van der Waals surface area contributed by atoms with Crippen molar-refractivity contribution >= 4 is 16.6 Å².